The Bertz CT molecular complexity index is 665. The summed E-state index contributed by atoms with van der Waals surface area (Å²) < 4.78 is 6.81. The molecule has 1 aromatic carbocycles. The summed E-state index contributed by atoms with van der Waals surface area (Å²) in [5.41, 5.74) is 0.542. The zero-order valence-corrected chi connectivity index (χ0v) is 10.5. The van der Waals surface area contributed by atoms with Crippen molar-refractivity contribution in [1.82, 2.24) is 9.55 Å². The lowest BCUT2D eigenvalue weighted by Crippen LogP contribution is -2.00. The standard InChI is InChI=1S/C12H11N3O5/c1-14-7-13-11(15(18)19)12(14)20-9-4-2-3-8(5-9)6-10(16)17/h2-5,7H,6H2,1H3,(H,16,17). The van der Waals surface area contributed by atoms with Crippen LogP contribution in [0, 0.1) is 10.1 Å². The summed E-state index contributed by atoms with van der Waals surface area (Å²) >= 11 is 0. The van der Waals surface area contributed by atoms with E-state index in [4.69, 9.17) is 9.84 Å². The fourth-order valence-corrected chi connectivity index (χ4v) is 1.65. The van der Waals surface area contributed by atoms with Crippen LogP contribution in [0.2, 0.25) is 0 Å². The van der Waals surface area contributed by atoms with Crippen LogP contribution in [0.4, 0.5) is 5.82 Å². The molecule has 0 saturated carbocycles. The lowest BCUT2D eigenvalue weighted by molar-refractivity contribution is -0.390. The van der Waals surface area contributed by atoms with Gasteiger partial charge in [0.05, 0.1) is 6.42 Å². The van der Waals surface area contributed by atoms with E-state index in [2.05, 4.69) is 4.98 Å². The van der Waals surface area contributed by atoms with E-state index >= 15 is 0 Å². The van der Waals surface area contributed by atoms with E-state index in [9.17, 15) is 14.9 Å². The van der Waals surface area contributed by atoms with Crippen LogP contribution in [0.15, 0.2) is 30.6 Å². The average Bonchev–Trinajstić information content (AvgIpc) is 2.71. The van der Waals surface area contributed by atoms with E-state index < -0.39 is 16.7 Å². The Morgan fingerprint density at radius 3 is 2.95 bits per heavy atom. The topological polar surface area (TPSA) is 107 Å². The lowest BCUT2D eigenvalue weighted by atomic mass is 10.1. The Balaban J connectivity index is 2.28. The molecule has 1 N–H and O–H groups in total. The normalized spacial score (nSPS) is 10.2. The molecule has 0 bridgehead atoms. The molecular weight excluding hydrogens is 266 g/mol. The van der Waals surface area contributed by atoms with Crippen LogP contribution in [-0.4, -0.2) is 25.6 Å². The number of carbonyl (C=O) groups is 1. The Morgan fingerprint density at radius 2 is 2.30 bits per heavy atom. The van der Waals surface area contributed by atoms with E-state index in [1.807, 2.05) is 0 Å². The Morgan fingerprint density at radius 1 is 1.55 bits per heavy atom. The Kier molecular flexibility index (Phi) is 3.65. The molecular formula is C12H11N3O5. The summed E-state index contributed by atoms with van der Waals surface area (Å²) in [6.07, 6.45) is 1.12. The molecule has 8 heteroatoms. The number of hydrogen-bond donors (Lipinski definition) is 1. The molecule has 0 radical (unpaired) electrons. The van der Waals surface area contributed by atoms with Crippen LogP contribution in [0.25, 0.3) is 0 Å². The van der Waals surface area contributed by atoms with Crippen molar-refractivity contribution in [3.8, 4) is 11.6 Å². The molecule has 1 heterocycles. The highest BCUT2D eigenvalue weighted by atomic mass is 16.6. The number of aryl methyl sites for hydroxylation is 1. The number of hydrogen-bond acceptors (Lipinski definition) is 5. The molecule has 0 aliphatic carbocycles. The van der Waals surface area contributed by atoms with Crippen molar-refractivity contribution in [2.24, 2.45) is 7.05 Å². The number of nitrogens with zero attached hydrogens (tertiary/aromatic N) is 3. The quantitative estimate of drug-likeness (QED) is 0.658. The maximum Gasteiger partial charge on any atom is 0.427 e. The van der Waals surface area contributed by atoms with Gasteiger partial charge in [-0.1, -0.05) is 12.1 Å². The molecule has 0 fully saturated rings. The van der Waals surface area contributed by atoms with Gasteiger partial charge in [0.15, 0.2) is 0 Å². The summed E-state index contributed by atoms with van der Waals surface area (Å²) in [7, 11) is 1.57. The summed E-state index contributed by atoms with van der Waals surface area (Å²) in [5, 5.41) is 19.5. The van der Waals surface area contributed by atoms with Crippen LogP contribution in [-0.2, 0) is 18.3 Å². The molecule has 0 aliphatic heterocycles. The van der Waals surface area contributed by atoms with Gasteiger partial charge in [-0.25, -0.2) is 0 Å². The zero-order chi connectivity index (χ0) is 14.7. The first-order valence-corrected chi connectivity index (χ1v) is 5.61. The highest BCUT2D eigenvalue weighted by molar-refractivity contribution is 5.70. The predicted molar refractivity (Wildman–Crippen MR) is 67.7 cm³/mol. The molecule has 0 aliphatic rings. The second-order valence-corrected chi connectivity index (χ2v) is 4.06. The molecule has 1 aromatic heterocycles. The minimum absolute atomic E-state index is 0.0116. The van der Waals surface area contributed by atoms with Gasteiger partial charge in [0.1, 0.15) is 5.75 Å². The number of carboxylic acid groups (broad SMARTS) is 1. The number of aromatic nitrogens is 2. The van der Waals surface area contributed by atoms with Gasteiger partial charge in [0, 0.05) is 7.05 Å². The second-order valence-electron chi connectivity index (χ2n) is 4.06. The van der Waals surface area contributed by atoms with Crippen LogP contribution >= 0.6 is 0 Å². The average molecular weight is 277 g/mol. The number of rotatable bonds is 5. The first-order valence-electron chi connectivity index (χ1n) is 5.61. The fraction of sp³-hybridized carbons (Fsp3) is 0.167. The second kappa shape index (κ2) is 5.39. The van der Waals surface area contributed by atoms with Crippen LogP contribution in [0.3, 0.4) is 0 Å². The van der Waals surface area contributed by atoms with Crippen molar-refractivity contribution in [3.63, 3.8) is 0 Å². The van der Waals surface area contributed by atoms with E-state index in [0.717, 1.165) is 0 Å². The van der Waals surface area contributed by atoms with Crippen molar-refractivity contribution < 1.29 is 19.6 Å². The van der Waals surface area contributed by atoms with E-state index in [1.165, 1.54) is 17.0 Å². The minimum atomic E-state index is -0.964. The summed E-state index contributed by atoms with van der Waals surface area (Å²) in [5.74, 6) is -1.05. The number of ether oxygens (including phenoxy) is 1. The van der Waals surface area contributed by atoms with E-state index in [-0.39, 0.29) is 12.3 Å². The number of benzene rings is 1. The third kappa shape index (κ3) is 2.91. The maximum absolute atomic E-state index is 10.8. The van der Waals surface area contributed by atoms with Gasteiger partial charge in [-0.2, -0.15) is 0 Å². The SMILES string of the molecule is Cn1cnc([N+](=O)[O-])c1Oc1cccc(CC(=O)O)c1. The molecule has 2 rings (SSSR count). The largest absolute Gasteiger partial charge is 0.481 e. The maximum atomic E-state index is 10.8. The molecule has 2 aromatic rings. The molecule has 0 unspecified atom stereocenters. The minimum Gasteiger partial charge on any atom is -0.481 e. The molecule has 8 nitrogen and oxygen atoms in total. The van der Waals surface area contributed by atoms with Gasteiger partial charge in [-0.15, -0.1) is 0 Å². The van der Waals surface area contributed by atoms with Crippen molar-refractivity contribution in [3.05, 3.63) is 46.3 Å². The van der Waals surface area contributed by atoms with Crippen molar-refractivity contribution in [2.75, 3.05) is 0 Å². The van der Waals surface area contributed by atoms with Crippen LogP contribution < -0.4 is 4.74 Å². The smallest absolute Gasteiger partial charge is 0.427 e. The number of imidazole rings is 1. The van der Waals surface area contributed by atoms with E-state index in [0.29, 0.717) is 11.3 Å². The van der Waals surface area contributed by atoms with Crippen molar-refractivity contribution >= 4 is 11.8 Å². The third-order valence-electron chi connectivity index (χ3n) is 2.51. The zero-order valence-electron chi connectivity index (χ0n) is 10.5. The summed E-state index contributed by atoms with van der Waals surface area (Å²) in [6, 6.07) is 6.36. The molecule has 0 spiro atoms. The van der Waals surface area contributed by atoms with Gasteiger partial charge >= 0.3 is 17.7 Å². The molecule has 0 saturated heterocycles. The highest BCUT2D eigenvalue weighted by Crippen LogP contribution is 2.29. The fourth-order valence-electron chi connectivity index (χ4n) is 1.65. The highest BCUT2D eigenvalue weighted by Gasteiger charge is 2.22. The first kappa shape index (κ1) is 13.5. The third-order valence-corrected chi connectivity index (χ3v) is 2.51. The number of aliphatic carboxylic acids is 1. The first-order chi connectivity index (χ1) is 9.47. The molecule has 0 atom stereocenters. The van der Waals surface area contributed by atoms with Gasteiger partial charge < -0.3 is 20.0 Å². The number of carboxylic acids is 1. The van der Waals surface area contributed by atoms with Crippen LogP contribution in [0.5, 0.6) is 11.6 Å². The Labute approximate surface area is 113 Å². The lowest BCUT2D eigenvalue weighted by Gasteiger charge is -2.06. The Hall–Kier alpha value is -2.90. The predicted octanol–water partition coefficient (Wildman–Crippen LogP) is 1.75. The van der Waals surface area contributed by atoms with Gasteiger partial charge in [-0.05, 0) is 27.6 Å². The van der Waals surface area contributed by atoms with E-state index in [1.54, 1.807) is 25.2 Å². The summed E-state index contributed by atoms with van der Waals surface area (Å²) in [6.45, 7) is 0. The van der Waals surface area contributed by atoms with Gasteiger partial charge in [-0.3, -0.25) is 9.36 Å². The van der Waals surface area contributed by atoms with Crippen molar-refractivity contribution in [1.29, 1.82) is 0 Å². The molecule has 104 valence electrons. The summed E-state index contributed by atoms with van der Waals surface area (Å²) in [4.78, 5) is 24.4. The van der Waals surface area contributed by atoms with Crippen molar-refractivity contribution in [2.45, 2.75) is 6.42 Å². The number of nitro groups is 1. The monoisotopic (exact) mass is 277 g/mol. The van der Waals surface area contributed by atoms with Crippen LogP contribution in [0.1, 0.15) is 5.56 Å². The van der Waals surface area contributed by atoms with Gasteiger partial charge in [0.2, 0.25) is 6.33 Å². The molecule has 0 amide bonds. The molecule has 20 heavy (non-hydrogen) atoms. The van der Waals surface area contributed by atoms with Gasteiger partial charge in [0.25, 0.3) is 0 Å².